The Hall–Kier alpha value is -4.97. The van der Waals surface area contributed by atoms with Crippen molar-refractivity contribution in [3.63, 3.8) is 0 Å². The average molecular weight is 1010 g/mol. The van der Waals surface area contributed by atoms with E-state index in [-0.39, 0.29) is 40.2 Å². The summed E-state index contributed by atoms with van der Waals surface area (Å²) in [4.78, 5) is 21.6. The van der Waals surface area contributed by atoms with E-state index in [9.17, 15) is 0 Å². The first-order chi connectivity index (χ1) is 23.8. The van der Waals surface area contributed by atoms with Crippen LogP contribution < -0.4 is 0 Å². The van der Waals surface area contributed by atoms with E-state index < -0.39 is 0 Å². The number of aromatic nitrogens is 6. The number of rotatable bonds is 6. The Labute approximate surface area is 318 Å². The number of fused-ring (bicyclic) bond motifs is 3. The van der Waals surface area contributed by atoms with E-state index >= 15 is 0 Å². The van der Waals surface area contributed by atoms with Gasteiger partial charge in [-0.25, -0.2) is 0 Å². The topological polar surface area (TPSA) is 86.0 Å². The zero-order valence-electron chi connectivity index (χ0n) is 27.0. The third-order valence-corrected chi connectivity index (χ3v) is 8.17. The molecular weight excluding hydrogens is 973 g/mol. The Morgan fingerprint density at radius 2 is 0.640 bits per heavy atom. The number of hydrogen-bond acceptors (Lipinski definition) is 3. The average Bonchev–Trinajstić information content (AvgIpc) is 3.93. The molecule has 0 spiro atoms. The van der Waals surface area contributed by atoms with Crippen molar-refractivity contribution in [3.05, 3.63) is 198 Å². The molecule has 3 heterocycles. The van der Waals surface area contributed by atoms with Crippen LogP contribution in [0.3, 0.4) is 0 Å². The van der Waals surface area contributed by atoms with E-state index in [4.69, 9.17) is 0 Å². The van der Waals surface area contributed by atoms with Crippen LogP contribution in [0.25, 0.3) is 33.1 Å². The van der Waals surface area contributed by atoms with Crippen LogP contribution in [0.15, 0.2) is 146 Å². The number of hydrogen-bond donors (Lipinski definition) is 3. The molecule has 6 aromatic carbocycles. The molecular formula is C42H33Ir2N6. The number of nitrogens with one attached hydrogen (secondary N) is 3. The van der Waals surface area contributed by atoms with Crippen molar-refractivity contribution < 1.29 is 40.2 Å². The first-order valence-electron chi connectivity index (χ1n) is 15.9. The van der Waals surface area contributed by atoms with Crippen molar-refractivity contribution in [1.82, 2.24) is 29.9 Å². The molecule has 0 fully saturated rings. The van der Waals surface area contributed by atoms with Crippen LogP contribution in [0.1, 0.15) is 33.4 Å². The van der Waals surface area contributed by atoms with Crippen LogP contribution in [0.2, 0.25) is 0 Å². The summed E-state index contributed by atoms with van der Waals surface area (Å²) in [7, 11) is 0. The fraction of sp³-hybridized carbons (Fsp3) is 0.0714. The van der Waals surface area contributed by atoms with Gasteiger partial charge in [-0.2, -0.15) is 0 Å². The molecule has 3 aromatic heterocycles. The van der Waals surface area contributed by atoms with Crippen molar-refractivity contribution in [2.24, 2.45) is 0 Å². The van der Waals surface area contributed by atoms with Crippen LogP contribution in [-0.2, 0) is 59.5 Å². The molecule has 0 unspecified atom stereocenters. The van der Waals surface area contributed by atoms with Gasteiger partial charge in [0.2, 0.25) is 0 Å². The first kappa shape index (κ1) is 36.3. The Kier molecular flexibility index (Phi) is 13.2. The van der Waals surface area contributed by atoms with Crippen LogP contribution in [0, 0.1) is 19.0 Å². The van der Waals surface area contributed by atoms with Crippen molar-refractivity contribution >= 4 is 33.1 Å². The summed E-state index contributed by atoms with van der Waals surface area (Å²) < 4.78 is 0. The number of nitrogens with zero attached hydrogens (tertiary/aromatic N) is 3. The van der Waals surface area contributed by atoms with E-state index in [2.05, 4.69) is 140 Å². The number of para-hydroxylation sites is 3. The molecule has 0 saturated heterocycles. The summed E-state index contributed by atoms with van der Waals surface area (Å²) in [5.74, 6) is 0. The van der Waals surface area contributed by atoms with Crippen molar-refractivity contribution in [2.45, 2.75) is 19.3 Å². The van der Waals surface area contributed by atoms with Gasteiger partial charge in [0.05, 0.1) is 0 Å². The predicted molar refractivity (Wildman–Crippen MR) is 193 cm³/mol. The minimum Gasteiger partial charge on any atom is -0.460 e. The van der Waals surface area contributed by atoms with Crippen molar-refractivity contribution in [2.75, 3.05) is 0 Å². The molecule has 1 radical (unpaired) electrons. The Balaban J connectivity index is 0.000000143. The zero-order chi connectivity index (χ0) is 32.4. The maximum atomic E-state index is 4.14. The summed E-state index contributed by atoms with van der Waals surface area (Å²) in [6, 6.07) is 49.8. The van der Waals surface area contributed by atoms with E-state index in [1.165, 1.54) is 33.4 Å². The summed E-state index contributed by atoms with van der Waals surface area (Å²) in [6.07, 6.45) is 11.1. The standard InChI is InChI=1S/3C14H11N2.2Ir/c3*1-2-5-11(6-3-1)9-12-7-4-8-13-14(12)16-10-15-13;;/h3*1-8H,9H2,(H,15,16);;/q3*-1;;+3. The number of aromatic amines is 3. The van der Waals surface area contributed by atoms with Crippen molar-refractivity contribution in [1.29, 1.82) is 0 Å². The molecule has 6 nitrogen and oxygen atoms in total. The quantitative estimate of drug-likeness (QED) is 0.146. The molecule has 3 N–H and O–H groups in total. The van der Waals surface area contributed by atoms with E-state index in [0.29, 0.717) is 0 Å². The first-order valence-corrected chi connectivity index (χ1v) is 15.9. The number of imidazole rings is 3. The van der Waals surface area contributed by atoms with Crippen LogP contribution in [0.4, 0.5) is 0 Å². The molecule has 50 heavy (non-hydrogen) atoms. The Morgan fingerprint density at radius 3 is 0.920 bits per heavy atom. The van der Waals surface area contributed by atoms with E-state index in [0.717, 1.165) is 52.4 Å². The number of benzene rings is 6. The van der Waals surface area contributed by atoms with Gasteiger partial charge < -0.3 is 29.9 Å². The largest absolute Gasteiger partial charge is 3.00 e. The van der Waals surface area contributed by atoms with E-state index in [1.54, 1.807) is 0 Å². The van der Waals surface area contributed by atoms with Gasteiger partial charge in [0.25, 0.3) is 0 Å². The van der Waals surface area contributed by atoms with Crippen LogP contribution in [-0.4, -0.2) is 29.9 Å². The van der Waals surface area contributed by atoms with Gasteiger partial charge in [0.15, 0.2) is 0 Å². The van der Waals surface area contributed by atoms with Gasteiger partial charge in [-0.1, -0.05) is 177 Å². The Morgan fingerprint density at radius 1 is 0.360 bits per heavy atom. The minimum atomic E-state index is 0. The summed E-state index contributed by atoms with van der Waals surface area (Å²) in [6.45, 7) is 0. The molecule has 249 valence electrons. The second-order valence-electron chi connectivity index (χ2n) is 11.5. The molecule has 0 aliphatic heterocycles. The van der Waals surface area contributed by atoms with Crippen LogP contribution >= 0.6 is 0 Å². The third-order valence-electron chi connectivity index (χ3n) is 8.17. The molecule has 9 rings (SSSR count). The second-order valence-corrected chi connectivity index (χ2v) is 11.5. The second kappa shape index (κ2) is 18.1. The van der Waals surface area contributed by atoms with Gasteiger partial charge in [-0.15, -0.1) is 18.2 Å². The fourth-order valence-electron chi connectivity index (χ4n) is 5.79. The molecule has 8 heteroatoms. The third kappa shape index (κ3) is 9.17. The monoisotopic (exact) mass is 1010 g/mol. The van der Waals surface area contributed by atoms with Gasteiger partial charge >= 0.3 is 20.1 Å². The normalized spacial score (nSPS) is 10.3. The molecule has 0 amide bonds. The Bertz CT molecular complexity index is 2070. The van der Waals surface area contributed by atoms with Gasteiger partial charge in [-0.05, 0) is 54.9 Å². The predicted octanol–water partition coefficient (Wildman–Crippen LogP) is 8.86. The fourth-order valence-corrected chi connectivity index (χ4v) is 5.79. The van der Waals surface area contributed by atoms with Gasteiger partial charge in [0.1, 0.15) is 0 Å². The van der Waals surface area contributed by atoms with Gasteiger partial charge in [0, 0.05) is 20.1 Å². The zero-order valence-corrected chi connectivity index (χ0v) is 31.8. The summed E-state index contributed by atoms with van der Waals surface area (Å²) in [5, 5.41) is 0. The van der Waals surface area contributed by atoms with Gasteiger partial charge in [-0.3, -0.25) is 0 Å². The smallest absolute Gasteiger partial charge is 0.460 e. The minimum absolute atomic E-state index is 0. The maximum Gasteiger partial charge on any atom is 3.00 e. The molecule has 9 aromatic rings. The molecule has 0 bridgehead atoms. The summed E-state index contributed by atoms with van der Waals surface area (Å²) in [5.41, 5.74) is 13.9. The van der Waals surface area contributed by atoms with Crippen LogP contribution in [0.5, 0.6) is 0 Å². The molecule has 0 saturated carbocycles. The molecule has 0 aliphatic rings. The maximum absolute atomic E-state index is 4.14. The SMILES string of the molecule is [Ir+3].[Ir].[c-]1nc2cccc(Cc3ccccc3)c2[nH]1.[c-]1nc2cccc(Cc3ccccc3)c2[nH]1.[c-]1nc2cccc(Cc3ccccc3)c2[nH]1. The number of H-pyrrole nitrogens is 3. The van der Waals surface area contributed by atoms with Crippen molar-refractivity contribution in [3.8, 4) is 0 Å². The van der Waals surface area contributed by atoms with E-state index in [1.807, 2.05) is 54.6 Å². The summed E-state index contributed by atoms with van der Waals surface area (Å²) >= 11 is 0. The molecule has 0 aliphatic carbocycles. The molecule has 0 atom stereocenters.